The number of hydrogen-bond donors (Lipinski definition) is 17. The van der Waals surface area contributed by atoms with E-state index in [2.05, 4.69) is 68.1 Å². The number of aliphatic carboxylic acids is 1. The molecule has 0 aliphatic rings. The van der Waals surface area contributed by atoms with Gasteiger partial charge in [0, 0.05) is 69.1 Å². The van der Waals surface area contributed by atoms with Gasteiger partial charge in [-0.2, -0.15) is 0 Å². The van der Waals surface area contributed by atoms with E-state index in [9.17, 15) is 48.3 Å². The summed E-state index contributed by atoms with van der Waals surface area (Å²) in [5.41, 5.74) is 13.5. The molecule has 2 heterocycles. The second kappa shape index (κ2) is 32.5. The van der Waals surface area contributed by atoms with Crippen molar-refractivity contribution < 1.29 is 48.3 Å². The summed E-state index contributed by atoms with van der Waals surface area (Å²) in [7, 11) is 1.60. The van der Waals surface area contributed by atoms with Crippen molar-refractivity contribution in [1.29, 1.82) is 10.8 Å². The maximum absolute atomic E-state index is 14.4. The predicted molar refractivity (Wildman–Crippen MR) is 288 cm³/mol. The standard InChI is InChI=1S/C51H73N17O10/c1-30(70)63-37(16-9-22-60-51(54)55)44(72)65-38(18-19-43(71)58-20-10-17-39(49(77)78)66-46(74)40(56-2)24-32-26-61-36-15-7-6-14-35(32)36)45(73)68-42(25-34-27-57-29-62-34)48(76)67-41(23-31-11-4-3-5-12-31)47(75)64-33(28-69)13-8-21-59-50(52)53/h3-7,11-12,14-15,26-29,33,37-42,56,61H,8-10,13,16-25H2,1-2H3,(H,57,62)(H,58,71)(H,63,70)(H,64,75)(H,65,72)(H,66,74)(H,67,76)(H,68,73)(H,77,78)(H4,52,53,59)(H4,54,55,60)/t33-,37?,38?,39?,40-,41?,42-/m0/s1. The zero-order valence-electron chi connectivity index (χ0n) is 43.7. The van der Waals surface area contributed by atoms with Gasteiger partial charge >= 0.3 is 5.97 Å². The van der Waals surface area contributed by atoms with Crippen LogP contribution in [0.1, 0.15) is 75.1 Å². The highest BCUT2D eigenvalue weighted by Crippen LogP contribution is 2.19. The lowest BCUT2D eigenvalue weighted by Crippen LogP contribution is -2.59. The average molecular weight is 1080 g/mol. The molecule has 78 heavy (non-hydrogen) atoms. The lowest BCUT2D eigenvalue weighted by Gasteiger charge is -2.27. The number of carbonyl (C=O) groups is 9. The van der Waals surface area contributed by atoms with Crippen LogP contribution >= 0.6 is 0 Å². The van der Waals surface area contributed by atoms with E-state index in [0.717, 1.165) is 16.5 Å². The number of imidazole rings is 1. The van der Waals surface area contributed by atoms with Gasteiger partial charge in [0.25, 0.3) is 0 Å². The lowest BCUT2D eigenvalue weighted by molar-refractivity contribution is -0.142. The number of hydrogen-bond acceptors (Lipinski definition) is 13. The number of carboxylic acids is 1. The number of nitrogens with zero attached hydrogens (tertiary/aromatic N) is 1. The van der Waals surface area contributed by atoms with Crippen molar-refractivity contribution in [3.63, 3.8) is 0 Å². The summed E-state index contributed by atoms with van der Waals surface area (Å²) in [6, 6.07) is 7.82. The van der Waals surface area contributed by atoms with Crippen molar-refractivity contribution in [2.24, 2.45) is 11.5 Å². The number of H-pyrrole nitrogens is 2. The number of guanidine groups is 2. The van der Waals surface area contributed by atoms with Gasteiger partial charge in [-0.3, -0.25) is 44.4 Å². The van der Waals surface area contributed by atoms with E-state index in [1.807, 2.05) is 24.3 Å². The minimum Gasteiger partial charge on any atom is -0.480 e. The molecule has 27 heteroatoms. The summed E-state index contributed by atoms with van der Waals surface area (Å²) in [5.74, 6) is -6.84. The number of rotatable bonds is 35. The largest absolute Gasteiger partial charge is 0.480 e. The summed E-state index contributed by atoms with van der Waals surface area (Å²) in [4.78, 5) is 130. The quantitative estimate of drug-likeness (QED) is 0.0102. The third-order valence-electron chi connectivity index (χ3n) is 12.4. The van der Waals surface area contributed by atoms with Crippen LogP contribution in [0.4, 0.5) is 0 Å². The number of aromatic nitrogens is 3. The Labute approximate surface area is 450 Å². The third kappa shape index (κ3) is 21.8. The maximum atomic E-state index is 14.4. The van der Waals surface area contributed by atoms with Gasteiger partial charge in [-0.1, -0.05) is 48.5 Å². The first-order valence-electron chi connectivity index (χ1n) is 25.5. The van der Waals surface area contributed by atoms with Crippen LogP contribution in [0, 0.1) is 10.8 Å². The highest BCUT2D eigenvalue weighted by Gasteiger charge is 2.33. The van der Waals surface area contributed by atoms with Gasteiger partial charge in [-0.15, -0.1) is 0 Å². The predicted octanol–water partition coefficient (Wildman–Crippen LogP) is -2.08. The van der Waals surface area contributed by atoms with Gasteiger partial charge < -0.3 is 84.5 Å². The minimum absolute atomic E-state index is 0.0281. The Balaban J connectivity index is 1.49. The fourth-order valence-electron chi connectivity index (χ4n) is 8.29. The van der Waals surface area contributed by atoms with Crippen LogP contribution in [0.5, 0.6) is 0 Å². The SMILES string of the molecule is CN[C@@H](Cc1c[nH]c2ccccc12)C(=O)NC(CCCNC(=O)CCC(NC(=O)C(CCCNC(=N)N)NC(C)=O)C(=O)N[C@@H](Cc1c[nH]cn1)C(=O)NC(Cc1ccccc1)C(=O)N[C@H](C=O)CCCNC(=N)N)C(=O)O. The normalized spacial score (nSPS) is 13.6. The molecule has 4 aromatic rings. The fourth-order valence-corrected chi connectivity index (χ4v) is 8.29. The molecule has 0 saturated carbocycles. The Hall–Kier alpha value is -8.88. The van der Waals surface area contributed by atoms with Gasteiger partial charge in [0.15, 0.2) is 11.9 Å². The molecule has 19 N–H and O–H groups in total. The Kier molecular flexibility index (Phi) is 25.7. The molecule has 2 aromatic heterocycles. The highest BCUT2D eigenvalue weighted by molar-refractivity contribution is 5.96. The summed E-state index contributed by atoms with van der Waals surface area (Å²) in [6.45, 7) is 1.60. The number of likely N-dealkylation sites (N-methyl/N-ethyl adjacent to an activating group) is 1. The van der Waals surface area contributed by atoms with E-state index in [1.54, 1.807) is 43.6 Å². The molecule has 4 rings (SSSR count). The number of aromatic amines is 2. The fraction of sp³-hybridized carbons (Fsp3) is 0.451. The summed E-state index contributed by atoms with van der Waals surface area (Å²) in [6.07, 6.45) is 5.37. The number of carboxylic acid groups (broad SMARTS) is 1. The van der Waals surface area contributed by atoms with Gasteiger partial charge in [0.2, 0.25) is 41.4 Å². The smallest absolute Gasteiger partial charge is 0.326 e. The molecule has 422 valence electrons. The average Bonchev–Trinajstić information content (AvgIpc) is 4.09. The second-order valence-corrected chi connectivity index (χ2v) is 18.4. The molecule has 7 atom stereocenters. The molecule has 0 aliphatic carbocycles. The molecule has 0 fully saturated rings. The molecule has 0 spiro atoms. The first-order valence-corrected chi connectivity index (χ1v) is 25.5. The molecular weight excluding hydrogens is 1010 g/mol. The molecule has 4 unspecified atom stereocenters. The number of amides is 7. The van der Waals surface area contributed by atoms with E-state index in [4.69, 9.17) is 22.3 Å². The van der Waals surface area contributed by atoms with E-state index < -0.39 is 89.6 Å². The maximum Gasteiger partial charge on any atom is 0.326 e. The topological polar surface area (TPSA) is 438 Å². The van der Waals surface area contributed by atoms with Crippen molar-refractivity contribution in [2.75, 3.05) is 26.7 Å². The molecule has 7 amide bonds. The minimum atomic E-state index is -1.52. The zero-order valence-corrected chi connectivity index (χ0v) is 43.7. The highest BCUT2D eigenvalue weighted by atomic mass is 16.4. The Morgan fingerprint density at radius 3 is 1.77 bits per heavy atom. The van der Waals surface area contributed by atoms with Crippen LogP contribution < -0.4 is 64.6 Å². The van der Waals surface area contributed by atoms with Gasteiger partial charge in [0.05, 0.1) is 24.1 Å². The number of para-hydroxylation sites is 1. The lowest BCUT2D eigenvalue weighted by atomic mass is 10.0. The molecule has 0 aliphatic heterocycles. The first kappa shape index (κ1) is 61.7. The number of fused-ring (bicyclic) bond motifs is 1. The van der Waals surface area contributed by atoms with Crippen LogP contribution in [-0.2, 0) is 62.4 Å². The summed E-state index contributed by atoms with van der Waals surface area (Å²) in [5, 5.41) is 52.3. The van der Waals surface area contributed by atoms with Crippen molar-refractivity contribution >= 4 is 76.4 Å². The van der Waals surface area contributed by atoms with E-state index >= 15 is 0 Å². The summed E-state index contributed by atoms with van der Waals surface area (Å²) < 4.78 is 0. The van der Waals surface area contributed by atoms with Crippen molar-refractivity contribution in [3.05, 3.63) is 90.1 Å². The van der Waals surface area contributed by atoms with Crippen molar-refractivity contribution in [1.82, 2.24) is 68.1 Å². The number of nitrogens with one attached hydrogen (secondary N) is 14. The third-order valence-corrected chi connectivity index (χ3v) is 12.4. The molecule has 0 bridgehead atoms. The molecule has 2 aromatic carbocycles. The van der Waals surface area contributed by atoms with Gasteiger partial charge in [0.1, 0.15) is 36.5 Å². The van der Waals surface area contributed by atoms with Crippen molar-refractivity contribution in [2.45, 2.75) is 120 Å². The van der Waals surface area contributed by atoms with E-state index in [1.165, 1.54) is 19.4 Å². The number of benzene rings is 2. The monoisotopic (exact) mass is 1080 g/mol. The Morgan fingerprint density at radius 1 is 0.628 bits per heavy atom. The molecule has 27 nitrogen and oxygen atoms in total. The zero-order chi connectivity index (χ0) is 57.0. The number of carbonyl (C=O) groups excluding carboxylic acids is 8. The molecular formula is C51H73N17O10. The van der Waals surface area contributed by atoms with Crippen LogP contribution in [0.2, 0.25) is 0 Å². The summed E-state index contributed by atoms with van der Waals surface area (Å²) >= 11 is 0. The first-order chi connectivity index (χ1) is 37.4. The van der Waals surface area contributed by atoms with Gasteiger partial charge in [-0.25, -0.2) is 9.78 Å². The molecule has 0 saturated heterocycles. The Bertz CT molecular complexity index is 2650. The van der Waals surface area contributed by atoms with Crippen LogP contribution in [0.25, 0.3) is 10.9 Å². The van der Waals surface area contributed by atoms with Crippen LogP contribution in [0.3, 0.4) is 0 Å². The molecule has 0 radical (unpaired) electrons. The van der Waals surface area contributed by atoms with E-state index in [-0.39, 0.29) is 95.8 Å². The van der Waals surface area contributed by atoms with Crippen LogP contribution in [0.15, 0.2) is 73.3 Å². The number of aldehydes is 1. The van der Waals surface area contributed by atoms with E-state index in [0.29, 0.717) is 24.0 Å². The number of nitrogens with two attached hydrogens (primary N) is 2. The Morgan fingerprint density at radius 2 is 1.17 bits per heavy atom. The van der Waals surface area contributed by atoms with Crippen molar-refractivity contribution in [3.8, 4) is 0 Å². The van der Waals surface area contributed by atoms with Gasteiger partial charge in [-0.05, 0) is 75.6 Å². The van der Waals surface area contributed by atoms with Crippen LogP contribution in [-0.4, -0.2) is 155 Å². The second-order valence-electron chi connectivity index (χ2n) is 18.4.